The van der Waals surface area contributed by atoms with Gasteiger partial charge in [-0.3, -0.25) is 0 Å². The number of aliphatic hydroxyl groups is 1. The fraction of sp³-hybridized carbons (Fsp3) is 0.800. The first-order chi connectivity index (χ1) is 7.86. The van der Waals surface area contributed by atoms with Gasteiger partial charge in [0.2, 0.25) is 0 Å². The molecule has 0 amide bonds. The Morgan fingerprint density at radius 2 is 2.00 bits per heavy atom. The SMILES string of the molecule is CCc1cn(CCOCCOCCO)nn1. The van der Waals surface area contributed by atoms with Crippen molar-refractivity contribution < 1.29 is 14.6 Å². The zero-order valence-electron chi connectivity index (χ0n) is 9.63. The smallest absolute Gasteiger partial charge is 0.0824 e. The van der Waals surface area contributed by atoms with E-state index in [1.807, 2.05) is 13.1 Å². The number of aromatic nitrogens is 3. The summed E-state index contributed by atoms with van der Waals surface area (Å²) in [7, 11) is 0. The van der Waals surface area contributed by atoms with Gasteiger partial charge in [-0.2, -0.15) is 0 Å². The molecule has 0 atom stereocenters. The van der Waals surface area contributed by atoms with E-state index in [0.717, 1.165) is 12.1 Å². The van der Waals surface area contributed by atoms with Crippen LogP contribution in [0.1, 0.15) is 12.6 Å². The maximum atomic E-state index is 8.46. The van der Waals surface area contributed by atoms with E-state index in [1.54, 1.807) is 4.68 Å². The molecule has 0 aliphatic rings. The number of hydrogen-bond donors (Lipinski definition) is 1. The lowest BCUT2D eigenvalue weighted by Gasteiger charge is -2.04. The zero-order valence-corrected chi connectivity index (χ0v) is 9.63. The molecule has 16 heavy (non-hydrogen) atoms. The zero-order chi connectivity index (χ0) is 11.6. The summed E-state index contributed by atoms with van der Waals surface area (Å²) >= 11 is 0. The summed E-state index contributed by atoms with van der Waals surface area (Å²) in [5.74, 6) is 0. The Labute approximate surface area is 95.2 Å². The molecule has 6 heteroatoms. The summed E-state index contributed by atoms with van der Waals surface area (Å²) < 4.78 is 12.1. The number of hydrogen-bond acceptors (Lipinski definition) is 5. The van der Waals surface area contributed by atoms with E-state index in [1.165, 1.54) is 0 Å². The highest BCUT2D eigenvalue weighted by Crippen LogP contribution is 1.93. The van der Waals surface area contributed by atoms with Crippen LogP contribution in [0.5, 0.6) is 0 Å². The average Bonchev–Trinajstić information content (AvgIpc) is 2.76. The van der Waals surface area contributed by atoms with Crippen molar-refractivity contribution in [2.24, 2.45) is 0 Å². The number of nitrogens with zero attached hydrogens (tertiary/aromatic N) is 3. The Hall–Kier alpha value is -0.980. The highest BCUT2D eigenvalue weighted by Gasteiger charge is 1.97. The molecule has 1 N–H and O–H groups in total. The van der Waals surface area contributed by atoms with Crippen LogP contribution >= 0.6 is 0 Å². The van der Waals surface area contributed by atoms with Gasteiger partial charge in [0.1, 0.15) is 0 Å². The standard InChI is InChI=1S/C10H19N3O3/c1-2-10-9-13(12-11-10)3-5-15-7-8-16-6-4-14/h9,14H,2-8H2,1H3. The molecule has 0 aliphatic carbocycles. The van der Waals surface area contributed by atoms with Crippen LogP contribution in [0, 0.1) is 0 Å². The van der Waals surface area contributed by atoms with Gasteiger partial charge in [0.25, 0.3) is 0 Å². The van der Waals surface area contributed by atoms with Gasteiger partial charge in [0, 0.05) is 6.20 Å². The van der Waals surface area contributed by atoms with Crippen molar-refractivity contribution in [3.05, 3.63) is 11.9 Å². The van der Waals surface area contributed by atoms with Crippen molar-refractivity contribution >= 4 is 0 Å². The maximum absolute atomic E-state index is 8.46. The van der Waals surface area contributed by atoms with Crippen LogP contribution in [0.2, 0.25) is 0 Å². The lowest BCUT2D eigenvalue weighted by molar-refractivity contribution is 0.0302. The summed E-state index contributed by atoms with van der Waals surface area (Å²) in [4.78, 5) is 0. The van der Waals surface area contributed by atoms with Crippen LogP contribution in [-0.2, 0) is 22.4 Å². The Morgan fingerprint density at radius 1 is 1.25 bits per heavy atom. The van der Waals surface area contributed by atoms with Crippen molar-refractivity contribution in [2.75, 3.05) is 33.0 Å². The maximum Gasteiger partial charge on any atom is 0.0824 e. The van der Waals surface area contributed by atoms with Gasteiger partial charge in [-0.15, -0.1) is 5.10 Å². The third-order valence-corrected chi connectivity index (χ3v) is 2.02. The first kappa shape index (κ1) is 13.1. The Balaban J connectivity index is 1.98. The van der Waals surface area contributed by atoms with Gasteiger partial charge in [-0.1, -0.05) is 12.1 Å². The van der Waals surface area contributed by atoms with Gasteiger partial charge in [0.05, 0.1) is 45.3 Å². The second-order valence-electron chi connectivity index (χ2n) is 3.27. The molecule has 1 heterocycles. The summed E-state index contributed by atoms with van der Waals surface area (Å²) in [5.41, 5.74) is 0.992. The molecule has 92 valence electrons. The van der Waals surface area contributed by atoms with Crippen molar-refractivity contribution in [1.29, 1.82) is 0 Å². The monoisotopic (exact) mass is 229 g/mol. The largest absolute Gasteiger partial charge is 0.394 e. The first-order valence-electron chi connectivity index (χ1n) is 5.52. The van der Waals surface area contributed by atoms with E-state index >= 15 is 0 Å². The quantitative estimate of drug-likeness (QED) is 0.597. The second-order valence-corrected chi connectivity index (χ2v) is 3.27. The summed E-state index contributed by atoms with van der Waals surface area (Å²) in [5, 5.41) is 16.4. The predicted molar refractivity (Wildman–Crippen MR) is 58.1 cm³/mol. The van der Waals surface area contributed by atoms with Crippen molar-refractivity contribution in [2.45, 2.75) is 19.9 Å². The number of rotatable bonds is 9. The summed E-state index contributed by atoms with van der Waals surface area (Å²) in [6.07, 6.45) is 2.82. The van der Waals surface area contributed by atoms with Crippen LogP contribution in [0.3, 0.4) is 0 Å². The van der Waals surface area contributed by atoms with E-state index in [9.17, 15) is 0 Å². The van der Waals surface area contributed by atoms with E-state index in [4.69, 9.17) is 14.6 Å². The Morgan fingerprint density at radius 3 is 2.62 bits per heavy atom. The molecule has 0 bridgehead atoms. The van der Waals surface area contributed by atoms with Gasteiger partial charge in [-0.05, 0) is 6.42 Å². The Bertz CT molecular complexity index is 278. The normalized spacial score (nSPS) is 10.9. The number of aryl methyl sites for hydroxylation is 1. The molecule has 0 unspecified atom stereocenters. The highest BCUT2D eigenvalue weighted by molar-refractivity contribution is 4.90. The minimum atomic E-state index is 0.0543. The van der Waals surface area contributed by atoms with Crippen LogP contribution in [0.15, 0.2) is 6.20 Å². The minimum Gasteiger partial charge on any atom is -0.394 e. The van der Waals surface area contributed by atoms with Gasteiger partial charge < -0.3 is 14.6 Å². The third kappa shape index (κ3) is 5.20. The van der Waals surface area contributed by atoms with Crippen molar-refractivity contribution in [3.63, 3.8) is 0 Å². The topological polar surface area (TPSA) is 69.4 Å². The number of aliphatic hydroxyl groups excluding tert-OH is 1. The lowest BCUT2D eigenvalue weighted by Crippen LogP contribution is -2.11. The van der Waals surface area contributed by atoms with Crippen LogP contribution in [-0.4, -0.2) is 53.1 Å². The molecule has 0 saturated heterocycles. The molecule has 1 rings (SSSR count). The molecule has 6 nitrogen and oxygen atoms in total. The molecule has 1 aromatic heterocycles. The fourth-order valence-corrected chi connectivity index (χ4v) is 1.15. The van der Waals surface area contributed by atoms with Crippen molar-refractivity contribution in [1.82, 2.24) is 15.0 Å². The molecular weight excluding hydrogens is 210 g/mol. The number of ether oxygens (including phenoxy) is 2. The second kappa shape index (κ2) is 8.20. The van der Waals surface area contributed by atoms with E-state index in [2.05, 4.69) is 10.3 Å². The lowest BCUT2D eigenvalue weighted by atomic mass is 10.4. The van der Waals surface area contributed by atoms with E-state index < -0.39 is 0 Å². The van der Waals surface area contributed by atoms with E-state index in [-0.39, 0.29) is 6.61 Å². The van der Waals surface area contributed by atoms with Gasteiger partial charge in [0.15, 0.2) is 0 Å². The van der Waals surface area contributed by atoms with Crippen molar-refractivity contribution in [3.8, 4) is 0 Å². The average molecular weight is 229 g/mol. The predicted octanol–water partition coefficient (Wildman–Crippen LogP) is -0.134. The van der Waals surface area contributed by atoms with Crippen LogP contribution < -0.4 is 0 Å². The van der Waals surface area contributed by atoms with Gasteiger partial charge in [-0.25, -0.2) is 4.68 Å². The fourth-order valence-electron chi connectivity index (χ4n) is 1.15. The Kier molecular flexibility index (Phi) is 6.71. The third-order valence-electron chi connectivity index (χ3n) is 2.02. The first-order valence-corrected chi connectivity index (χ1v) is 5.52. The summed E-state index contributed by atoms with van der Waals surface area (Å²) in [6, 6.07) is 0. The molecule has 0 radical (unpaired) electrons. The molecule has 0 fully saturated rings. The molecule has 0 aliphatic heterocycles. The minimum absolute atomic E-state index is 0.0543. The van der Waals surface area contributed by atoms with E-state index in [0.29, 0.717) is 33.0 Å². The van der Waals surface area contributed by atoms with Crippen LogP contribution in [0.4, 0.5) is 0 Å². The summed E-state index contributed by atoms with van der Waals surface area (Å²) in [6.45, 7) is 4.81. The molecule has 0 saturated carbocycles. The molecule has 0 aromatic carbocycles. The van der Waals surface area contributed by atoms with Gasteiger partial charge >= 0.3 is 0 Å². The highest BCUT2D eigenvalue weighted by atomic mass is 16.5. The molecule has 1 aromatic rings. The molecular formula is C10H19N3O3. The van der Waals surface area contributed by atoms with Crippen LogP contribution in [0.25, 0.3) is 0 Å². The molecule has 0 spiro atoms.